The number of piperidine rings is 3. The maximum absolute atomic E-state index is 5.94. The molecule has 3 aliphatic rings. The van der Waals surface area contributed by atoms with Gasteiger partial charge in [-0.1, -0.05) is 32.6 Å². The minimum Gasteiger partial charge on any atom is -0.476 e. The highest BCUT2D eigenvalue weighted by molar-refractivity contribution is 6.99. The highest BCUT2D eigenvalue weighted by atomic mass is 32.1. The Kier molecular flexibility index (Phi) is 5.47. The van der Waals surface area contributed by atoms with Crippen LogP contribution in [0.25, 0.3) is 0 Å². The number of rotatable bonds is 8. The molecule has 0 spiro atoms. The zero-order valence-corrected chi connectivity index (χ0v) is 13.9. The highest BCUT2D eigenvalue weighted by Crippen LogP contribution is 2.41. The molecule has 1 aromatic rings. The number of hydrogen-bond acceptors (Lipinski definition) is 5. The lowest BCUT2D eigenvalue weighted by atomic mass is 9.77. The third-order valence-electron chi connectivity index (χ3n) is 4.98. The second-order valence-electron chi connectivity index (χ2n) is 6.46. The standard InChI is InChI=1S/C16H27N3OS/c1-2-3-4-5-6-11-20-16-15(17-21-18-16)14-12-19-9-7-13(14)8-10-19/h13-14H,2-12H2,1H3. The molecule has 4 rings (SSSR count). The lowest BCUT2D eigenvalue weighted by molar-refractivity contribution is 0.0840. The van der Waals surface area contributed by atoms with Crippen LogP contribution in [0.4, 0.5) is 0 Å². The van der Waals surface area contributed by atoms with Crippen LogP contribution < -0.4 is 4.74 Å². The highest BCUT2D eigenvalue weighted by Gasteiger charge is 2.38. The molecule has 3 saturated heterocycles. The van der Waals surface area contributed by atoms with Crippen molar-refractivity contribution in [2.24, 2.45) is 5.92 Å². The number of unbranched alkanes of at least 4 members (excludes halogenated alkanes) is 4. The summed E-state index contributed by atoms with van der Waals surface area (Å²) in [6.07, 6.45) is 8.99. The van der Waals surface area contributed by atoms with Gasteiger partial charge in [0.15, 0.2) is 0 Å². The quantitative estimate of drug-likeness (QED) is 0.686. The van der Waals surface area contributed by atoms with Gasteiger partial charge in [0.1, 0.15) is 5.69 Å². The van der Waals surface area contributed by atoms with Crippen molar-refractivity contribution in [2.75, 3.05) is 26.2 Å². The van der Waals surface area contributed by atoms with Crippen LogP contribution in [0.3, 0.4) is 0 Å². The molecule has 0 N–H and O–H groups in total. The van der Waals surface area contributed by atoms with Gasteiger partial charge in [-0.2, -0.15) is 4.37 Å². The smallest absolute Gasteiger partial charge is 0.249 e. The Labute approximate surface area is 132 Å². The van der Waals surface area contributed by atoms with Gasteiger partial charge in [-0.05, 0) is 38.3 Å². The second-order valence-corrected chi connectivity index (χ2v) is 6.99. The number of fused-ring (bicyclic) bond motifs is 3. The molecule has 21 heavy (non-hydrogen) atoms. The Balaban J connectivity index is 1.50. The van der Waals surface area contributed by atoms with Gasteiger partial charge in [0.2, 0.25) is 5.88 Å². The first-order valence-corrected chi connectivity index (χ1v) is 9.29. The SMILES string of the molecule is CCCCCCCOc1nsnc1C1CN2CCC1CC2. The van der Waals surface area contributed by atoms with E-state index in [4.69, 9.17) is 4.74 Å². The van der Waals surface area contributed by atoms with Crippen LogP contribution in [0.1, 0.15) is 63.5 Å². The lowest BCUT2D eigenvalue weighted by Gasteiger charge is -2.44. The van der Waals surface area contributed by atoms with Crippen molar-refractivity contribution in [3.8, 4) is 5.88 Å². The molecule has 118 valence electrons. The lowest BCUT2D eigenvalue weighted by Crippen LogP contribution is -2.46. The van der Waals surface area contributed by atoms with Gasteiger partial charge in [0.05, 0.1) is 18.3 Å². The van der Waals surface area contributed by atoms with Crippen LogP contribution in [-0.4, -0.2) is 39.9 Å². The first-order valence-electron chi connectivity index (χ1n) is 8.56. The van der Waals surface area contributed by atoms with Crippen molar-refractivity contribution in [1.29, 1.82) is 0 Å². The summed E-state index contributed by atoms with van der Waals surface area (Å²) in [6.45, 7) is 6.74. The number of aromatic nitrogens is 2. The first-order chi connectivity index (χ1) is 10.4. The minimum absolute atomic E-state index is 0.557. The van der Waals surface area contributed by atoms with Gasteiger partial charge in [-0.3, -0.25) is 0 Å². The van der Waals surface area contributed by atoms with Crippen molar-refractivity contribution < 1.29 is 4.74 Å². The van der Waals surface area contributed by atoms with E-state index in [1.54, 1.807) is 0 Å². The van der Waals surface area contributed by atoms with Crippen molar-refractivity contribution in [1.82, 2.24) is 13.6 Å². The Bertz CT molecular complexity index is 429. The molecule has 0 aromatic carbocycles. The summed E-state index contributed by atoms with van der Waals surface area (Å²) in [4.78, 5) is 2.57. The molecule has 4 nitrogen and oxygen atoms in total. The molecular weight excluding hydrogens is 282 g/mol. The molecule has 1 atom stereocenters. The summed E-state index contributed by atoms with van der Waals surface area (Å²) < 4.78 is 14.9. The zero-order chi connectivity index (χ0) is 14.5. The van der Waals surface area contributed by atoms with Crippen molar-refractivity contribution in [3.05, 3.63) is 5.69 Å². The summed E-state index contributed by atoms with van der Waals surface area (Å²) in [5.74, 6) is 2.18. The summed E-state index contributed by atoms with van der Waals surface area (Å²) in [7, 11) is 0. The zero-order valence-electron chi connectivity index (χ0n) is 13.1. The second kappa shape index (κ2) is 7.54. The maximum Gasteiger partial charge on any atom is 0.249 e. The Morgan fingerprint density at radius 2 is 1.95 bits per heavy atom. The Morgan fingerprint density at radius 3 is 2.67 bits per heavy atom. The molecule has 0 radical (unpaired) electrons. The van der Waals surface area contributed by atoms with Gasteiger partial charge in [0.25, 0.3) is 0 Å². The molecule has 4 heterocycles. The predicted molar refractivity (Wildman–Crippen MR) is 86.1 cm³/mol. The van der Waals surface area contributed by atoms with Gasteiger partial charge < -0.3 is 9.64 Å². The van der Waals surface area contributed by atoms with E-state index >= 15 is 0 Å². The van der Waals surface area contributed by atoms with E-state index in [-0.39, 0.29) is 0 Å². The van der Waals surface area contributed by atoms with Crippen LogP contribution in [-0.2, 0) is 0 Å². The van der Waals surface area contributed by atoms with E-state index in [1.807, 2.05) is 0 Å². The van der Waals surface area contributed by atoms with Crippen LogP contribution in [0.5, 0.6) is 5.88 Å². The van der Waals surface area contributed by atoms with Gasteiger partial charge >= 0.3 is 0 Å². The van der Waals surface area contributed by atoms with E-state index < -0.39 is 0 Å². The third kappa shape index (κ3) is 3.75. The molecule has 0 aliphatic carbocycles. The largest absolute Gasteiger partial charge is 0.476 e. The van der Waals surface area contributed by atoms with E-state index in [2.05, 4.69) is 20.6 Å². The van der Waals surface area contributed by atoms with E-state index in [0.717, 1.165) is 37.1 Å². The van der Waals surface area contributed by atoms with Gasteiger partial charge in [-0.25, -0.2) is 0 Å². The van der Waals surface area contributed by atoms with E-state index in [1.165, 1.54) is 63.3 Å². The summed E-state index contributed by atoms with van der Waals surface area (Å²) in [5.41, 5.74) is 1.14. The average Bonchev–Trinajstić information content (AvgIpc) is 3.00. The summed E-state index contributed by atoms with van der Waals surface area (Å²) in [5, 5.41) is 0. The van der Waals surface area contributed by atoms with Crippen molar-refractivity contribution in [2.45, 2.75) is 57.8 Å². The van der Waals surface area contributed by atoms with Crippen LogP contribution >= 0.6 is 11.7 Å². The molecule has 0 amide bonds. The van der Waals surface area contributed by atoms with E-state index in [0.29, 0.717) is 5.92 Å². The Morgan fingerprint density at radius 1 is 1.14 bits per heavy atom. The number of ether oxygens (including phenoxy) is 1. The van der Waals surface area contributed by atoms with Crippen LogP contribution in [0, 0.1) is 5.92 Å². The topological polar surface area (TPSA) is 38.3 Å². The molecule has 1 aromatic heterocycles. The van der Waals surface area contributed by atoms with E-state index in [9.17, 15) is 0 Å². The number of hydrogen-bond donors (Lipinski definition) is 0. The first kappa shape index (κ1) is 15.2. The normalized spacial score (nSPS) is 28.0. The molecule has 0 saturated carbocycles. The summed E-state index contributed by atoms with van der Waals surface area (Å²) >= 11 is 1.32. The predicted octanol–water partition coefficient (Wildman–Crippen LogP) is 3.70. The van der Waals surface area contributed by atoms with Gasteiger partial charge in [0, 0.05) is 12.5 Å². The summed E-state index contributed by atoms with van der Waals surface area (Å²) in [6, 6.07) is 0. The molecule has 3 fully saturated rings. The fraction of sp³-hybridized carbons (Fsp3) is 0.875. The third-order valence-corrected chi connectivity index (χ3v) is 5.50. The molecule has 2 bridgehead atoms. The molecular formula is C16H27N3OS. The van der Waals surface area contributed by atoms with Gasteiger partial charge in [-0.15, -0.1) is 4.37 Å². The fourth-order valence-corrected chi connectivity index (χ4v) is 4.23. The minimum atomic E-state index is 0.557. The van der Waals surface area contributed by atoms with Crippen molar-refractivity contribution >= 4 is 11.7 Å². The monoisotopic (exact) mass is 309 g/mol. The molecule has 5 heteroatoms. The van der Waals surface area contributed by atoms with Crippen molar-refractivity contribution in [3.63, 3.8) is 0 Å². The van der Waals surface area contributed by atoms with Crippen LogP contribution in [0.2, 0.25) is 0 Å². The number of nitrogens with zero attached hydrogens (tertiary/aromatic N) is 3. The fourth-order valence-electron chi connectivity index (χ4n) is 3.66. The molecule has 1 unspecified atom stereocenters. The Hall–Kier alpha value is -0.680. The maximum atomic E-state index is 5.94. The van der Waals surface area contributed by atoms with Crippen LogP contribution in [0.15, 0.2) is 0 Å². The molecule has 3 aliphatic heterocycles. The average molecular weight is 309 g/mol.